The van der Waals surface area contributed by atoms with E-state index < -0.39 is 0 Å². The van der Waals surface area contributed by atoms with Crippen LogP contribution in [0.15, 0.2) is 22.7 Å². The number of likely N-dealkylation sites (tertiary alicyclic amines) is 1. The van der Waals surface area contributed by atoms with Gasteiger partial charge < -0.3 is 10.5 Å². The summed E-state index contributed by atoms with van der Waals surface area (Å²) in [7, 11) is 1.69. The second-order valence-electron chi connectivity index (χ2n) is 5.18. The molecule has 19 heavy (non-hydrogen) atoms. The van der Waals surface area contributed by atoms with Gasteiger partial charge in [0.05, 0.1) is 11.6 Å². The number of hydrogen-bond acceptors (Lipinski definition) is 3. The van der Waals surface area contributed by atoms with Crippen molar-refractivity contribution < 1.29 is 4.74 Å². The third-order valence-corrected chi connectivity index (χ3v) is 4.43. The minimum absolute atomic E-state index is 0.223. The van der Waals surface area contributed by atoms with Gasteiger partial charge in [-0.05, 0) is 66.0 Å². The standard InChI is InChI=1S/C15H23BrN2O/c1-3-8-18-9-4-5-13(17)15(18)11-6-7-14(19-2)12(16)10-11/h6-7,10,13,15H,3-5,8-9,17H2,1-2H3. The van der Waals surface area contributed by atoms with E-state index in [4.69, 9.17) is 10.5 Å². The van der Waals surface area contributed by atoms with Crippen molar-refractivity contribution in [2.45, 2.75) is 38.3 Å². The van der Waals surface area contributed by atoms with Crippen molar-refractivity contribution >= 4 is 15.9 Å². The maximum absolute atomic E-state index is 6.36. The molecule has 1 aliphatic rings. The second kappa shape index (κ2) is 6.73. The van der Waals surface area contributed by atoms with Crippen molar-refractivity contribution in [3.05, 3.63) is 28.2 Å². The molecule has 1 aromatic rings. The molecule has 1 saturated heterocycles. The van der Waals surface area contributed by atoms with Crippen molar-refractivity contribution in [1.29, 1.82) is 0 Å². The average molecular weight is 327 g/mol. The van der Waals surface area contributed by atoms with Gasteiger partial charge in [0, 0.05) is 12.1 Å². The third kappa shape index (κ3) is 3.30. The topological polar surface area (TPSA) is 38.5 Å². The number of nitrogens with zero attached hydrogens (tertiary/aromatic N) is 1. The number of methoxy groups -OCH3 is 1. The minimum Gasteiger partial charge on any atom is -0.496 e. The van der Waals surface area contributed by atoms with Crippen LogP contribution < -0.4 is 10.5 Å². The molecular weight excluding hydrogens is 304 g/mol. The van der Waals surface area contributed by atoms with Gasteiger partial charge in [0.2, 0.25) is 0 Å². The number of ether oxygens (including phenoxy) is 1. The number of nitrogens with two attached hydrogens (primary N) is 1. The molecule has 0 amide bonds. The summed E-state index contributed by atoms with van der Waals surface area (Å²) in [6.07, 6.45) is 3.48. The van der Waals surface area contributed by atoms with Gasteiger partial charge in [-0.15, -0.1) is 0 Å². The van der Waals surface area contributed by atoms with Crippen LogP contribution >= 0.6 is 15.9 Å². The number of rotatable bonds is 4. The van der Waals surface area contributed by atoms with Gasteiger partial charge in [0.15, 0.2) is 0 Å². The summed E-state index contributed by atoms with van der Waals surface area (Å²) in [5.74, 6) is 0.871. The smallest absolute Gasteiger partial charge is 0.133 e. The highest BCUT2D eigenvalue weighted by Crippen LogP contribution is 2.34. The summed E-state index contributed by atoms with van der Waals surface area (Å²) in [4.78, 5) is 2.52. The summed E-state index contributed by atoms with van der Waals surface area (Å²) >= 11 is 3.57. The predicted molar refractivity (Wildman–Crippen MR) is 82.5 cm³/mol. The Kier molecular flexibility index (Phi) is 5.25. The van der Waals surface area contributed by atoms with Gasteiger partial charge in [-0.3, -0.25) is 4.90 Å². The zero-order valence-corrected chi connectivity index (χ0v) is 13.3. The van der Waals surface area contributed by atoms with Crippen molar-refractivity contribution in [3.63, 3.8) is 0 Å². The third-order valence-electron chi connectivity index (χ3n) is 3.81. The molecule has 0 radical (unpaired) electrons. The van der Waals surface area contributed by atoms with E-state index in [0.717, 1.165) is 29.7 Å². The number of halogens is 1. The molecule has 1 heterocycles. The fourth-order valence-electron chi connectivity index (χ4n) is 2.96. The van der Waals surface area contributed by atoms with Crippen LogP contribution in [0.1, 0.15) is 37.8 Å². The maximum atomic E-state index is 6.36. The Morgan fingerprint density at radius 2 is 2.26 bits per heavy atom. The zero-order chi connectivity index (χ0) is 13.8. The van der Waals surface area contributed by atoms with E-state index in [2.05, 4.69) is 39.9 Å². The van der Waals surface area contributed by atoms with Crippen LogP contribution in [-0.4, -0.2) is 31.1 Å². The first-order valence-electron chi connectivity index (χ1n) is 7.00. The quantitative estimate of drug-likeness (QED) is 0.922. The summed E-state index contributed by atoms with van der Waals surface area (Å²) in [5, 5.41) is 0. The molecule has 0 bridgehead atoms. The lowest BCUT2D eigenvalue weighted by Crippen LogP contribution is -2.46. The Morgan fingerprint density at radius 3 is 2.89 bits per heavy atom. The van der Waals surface area contributed by atoms with E-state index in [1.54, 1.807) is 7.11 Å². The summed E-state index contributed by atoms with van der Waals surface area (Å²) in [6.45, 7) is 4.49. The molecule has 0 spiro atoms. The predicted octanol–water partition coefficient (Wildman–Crippen LogP) is 3.33. The number of hydrogen-bond donors (Lipinski definition) is 1. The van der Waals surface area contributed by atoms with Gasteiger partial charge in [-0.2, -0.15) is 0 Å². The highest BCUT2D eigenvalue weighted by Gasteiger charge is 2.30. The molecule has 1 fully saturated rings. The van der Waals surface area contributed by atoms with E-state index >= 15 is 0 Å². The van der Waals surface area contributed by atoms with Gasteiger partial charge in [-0.25, -0.2) is 0 Å². The molecule has 0 saturated carbocycles. The zero-order valence-electron chi connectivity index (χ0n) is 11.7. The minimum atomic E-state index is 0.223. The Morgan fingerprint density at radius 1 is 1.47 bits per heavy atom. The van der Waals surface area contributed by atoms with Gasteiger partial charge in [0.25, 0.3) is 0 Å². The van der Waals surface area contributed by atoms with Crippen molar-refractivity contribution in [2.24, 2.45) is 5.73 Å². The molecule has 4 heteroatoms. The van der Waals surface area contributed by atoms with Gasteiger partial charge in [0.1, 0.15) is 5.75 Å². The number of piperidine rings is 1. The molecule has 2 unspecified atom stereocenters. The Labute approximate surface area is 124 Å². The van der Waals surface area contributed by atoms with Gasteiger partial charge in [-0.1, -0.05) is 13.0 Å². The van der Waals surface area contributed by atoms with E-state index in [9.17, 15) is 0 Å². The normalized spacial score (nSPS) is 24.4. The van der Waals surface area contributed by atoms with Crippen LogP contribution in [0, 0.1) is 0 Å². The van der Waals surface area contributed by atoms with Crippen molar-refractivity contribution in [2.75, 3.05) is 20.2 Å². The van der Waals surface area contributed by atoms with Crippen LogP contribution in [0.2, 0.25) is 0 Å². The van der Waals surface area contributed by atoms with Crippen LogP contribution in [-0.2, 0) is 0 Å². The highest BCUT2D eigenvalue weighted by molar-refractivity contribution is 9.10. The lowest BCUT2D eigenvalue weighted by Gasteiger charge is -2.40. The lowest BCUT2D eigenvalue weighted by molar-refractivity contribution is 0.128. The summed E-state index contributed by atoms with van der Waals surface area (Å²) in [6, 6.07) is 6.86. The molecule has 3 nitrogen and oxygen atoms in total. The first-order chi connectivity index (χ1) is 9.17. The van der Waals surface area contributed by atoms with E-state index in [-0.39, 0.29) is 6.04 Å². The molecule has 0 aliphatic carbocycles. The van der Waals surface area contributed by atoms with E-state index in [1.807, 2.05) is 6.07 Å². The Balaban J connectivity index is 2.27. The van der Waals surface area contributed by atoms with Crippen LogP contribution in [0.25, 0.3) is 0 Å². The lowest BCUT2D eigenvalue weighted by atomic mass is 9.91. The van der Waals surface area contributed by atoms with E-state index in [0.29, 0.717) is 6.04 Å². The summed E-state index contributed by atoms with van der Waals surface area (Å²) in [5.41, 5.74) is 7.65. The highest BCUT2D eigenvalue weighted by atomic mass is 79.9. The average Bonchev–Trinajstić information content (AvgIpc) is 2.39. The van der Waals surface area contributed by atoms with Crippen LogP contribution in [0.4, 0.5) is 0 Å². The monoisotopic (exact) mass is 326 g/mol. The largest absolute Gasteiger partial charge is 0.496 e. The molecule has 106 valence electrons. The first-order valence-corrected chi connectivity index (χ1v) is 7.79. The Hall–Kier alpha value is -0.580. The SMILES string of the molecule is CCCN1CCCC(N)C1c1ccc(OC)c(Br)c1. The van der Waals surface area contributed by atoms with Crippen molar-refractivity contribution in [1.82, 2.24) is 4.90 Å². The maximum Gasteiger partial charge on any atom is 0.133 e. The molecular formula is C15H23BrN2O. The fraction of sp³-hybridized carbons (Fsp3) is 0.600. The Bertz CT molecular complexity index is 423. The molecule has 2 atom stereocenters. The fourth-order valence-corrected chi connectivity index (χ4v) is 3.52. The molecule has 1 aromatic carbocycles. The first kappa shape index (κ1) is 14.8. The van der Waals surface area contributed by atoms with Crippen LogP contribution in [0.5, 0.6) is 5.75 Å². The van der Waals surface area contributed by atoms with Gasteiger partial charge >= 0.3 is 0 Å². The molecule has 0 aromatic heterocycles. The molecule has 1 aliphatic heterocycles. The number of benzene rings is 1. The van der Waals surface area contributed by atoms with Crippen molar-refractivity contribution in [3.8, 4) is 5.75 Å². The van der Waals surface area contributed by atoms with E-state index in [1.165, 1.54) is 18.4 Å². The summed E-state index contributed by atoms with van der Waals surface area (Å²) < 4.78 is 6.30. The molecule has 2 N–H and O–H groups in total. The molecule has 2 rings (SSSR count). The van der Waals surface area contributed by atoms with Crippen LogP contribution in [0.3, 0.4) is 0 Å². The second-order valence-corrected chi connectivity index (χ2v) is 6.04.